The van der Waals surface area contributed by atoms with E-state index in [-0.39, 0.29) is 17.4 Å². The molecule has 1 fully saturated rings. The van der Waals surface area contributed by atoms with Gasteiger partial charge in [0.15, 0.2) is 11.5 Å². The second-order valence-corrected chi connectivity index (χ2v) is 9.60. The van der Waals surface area contributed by atoms with Gasteiger partial charge in [0.1, 0.15) is 11.5 Å². The molecular weight excluding hydrogens is 472 g/mol. The molecule has 0 aromatic heterocycles. The van der Waals surface area contributed by atoms with Crippen molar-refractivity contribution < 1.29 is 28.9 Å². The molecule has 0 saturated carbocycles. The third-order valence-electron chi connectivity index (χ3n) is 6.09. The lowest BCUT2D eigenvalue weighted by atomic mass is 9.95. The van der Waals surface area contributed by atoms with E-state index < -0.39 is 17.7 Å². The maximum atomic E-state index is 13.3. The van der Waals surface area contributed by atoms with Gasteiger partial charge in [-0.05, 0) is 76.3 Å². The Kier molecular flexibility index (Phi) is 9.58. The molecule has 200 valence electrons. The quantitative estimate of drug-likeness (QED) is 0.193. The molecule has 8 heteroatoms. The second kappa shape index (κ2) is 12.6. The largest absolute Gasteiger partial charge is 0.507 e. The van der Waals surface area contributed by atoms with Crippen molar-refractivity contribution in [3.8, 4) is 17.2 Å². The lowest BCUT2D eigenvalue weighted by Gasteiger charge is -2.27. The fraction of sp³-hybridized carbons (Fsp3) is 0.448. The van der Waals surface area contributed by atoms with Gasteiger partial charge in [0.05, 0.1) is 31.4 Å². The lowest BCUT2D eigenvalue weighted by molar-refractivity contribution is -0.140. The molecule has 1 aliphatic heterocycles. The number of ketones is 1. The van der Waals surface area contributed by atoms with Crippen LogP contribution >= 0.6 is 0 Å². The highest BCUT2D eigenvalue weighted by Crippen LogP contribution is 2.42. The highest BCUT2D eigenvalue weighted by molar-refractivity contribution is 6.46. The summed E-state index contributed by atoms with van der Waals surface area (Å²) in [6, 6.07) is 11.4. The highest BCUT2D eigenvalue weighted by Gasteiger charge is 2.46. The predicted molar refractivity (Wildman–Crippen MR) is 143 cm³/mol. The van der Waals surface area contributed by atoms with Crippen molar-refractivity contribution in [1.29, 1.82) is 0 Å². The SMILES string of the molecule is CCCCOc1ccc(C2C(=C(O)c3ccc(OC(C)C)cc3)C(=O)C(=O)N2CCN(C)C)cc1OC. The van der Waals surface area contributed by atoms with Gasteiger partial charge >= 0.3 is 0 Å². The number of methoxy groups -OCH3 is 1. The molecule has 1 unspecified atom stereocenters. The Hall–Kier alpha value is -3.52. The van der Waals surface area contributed by atoms with Crippen LogP contribution in [-0.2, 0) is 9.59 Å². The number of unbranched alkanes of at least 4 members (excludes halogenated alkanes) is 1. The average molecular weight is 511 g/mol. The van der Waals surface area contributed by atoms with Crippen LogP contribution in [0.2, 0.25) is 0 Å². The number of likely N-dealkylation sites (tertiary alicyclic amines) is 1. The summed E-state index contributed by atoms with van der Waals surface area (Å²) >= 11 is 0. The molecular formula is C29H38N2O6. The van der Waals surface area contributed by atoms with Gasteiger partial charge < -0.3 is 29.1 Å². The Balaban J connectivity index is 2.08. The van der Waals surface area contributed by atoms with Gasteiger partial charge in [0.25, 0.3) is 11.7 Å². The van der Waals surface area contributed by atoms with Crippen molar-refractivity contribution in [2.75, 3.05) is 40.9 Å². The summed E-state index contributed by atoms with van der Waals surface area (Å²) in [6.45, 7) is 7.38. The van der Waals surface area contributed by atoms with Gasteiger partial charge in [-0.1, -0.05) is 19.4 Å². The zero-order chi connectivity index (χ0) is 27.1. The van der Waals surface area contributed by atoms with Gasteiger partial charge in [-0.15, -0.1) is 0 Å². The van der Waals surface area contributed by atoms with Gasteiger partial charge in [0, 0.05) is 18.7 Å². The van der Waals surface area contributed by atoms with Crippen LogP contribution in [0.4, 0.5) is 0 Å². The van der Waals surface area contributed by atoms with Crippen LogP contribution in [0.5, 0.6) is 17.2 Å². The lowest BCUT2D eigenvalue weighted by Crippen LogP contribution is -2.35. The third kappa shape index (κ3) is 6.63. The molecule has 0 bridgehead atoms. The summed E-state index contributed by atoms with van der Waals surface area (Å²) in [4.78, 5) is 29.9. The molecule has 1 saturated heterocycles. The normalized spacial score (nSPS) is 17.1. The number of ether oxygens (including phenoxy) is 3. The molecule has 1 amide bonds. The minimum atomic E-state index is -0.773. The summed E-state index contributed by atoms with van der Waals surface area (Å²) in [5.41, 5.74) is 1.13. The number of aliphatic hydroxyl groups is 1. The van der Waals surface area contributed by atoms with E-state index in [1.807, 2.05) is 38.9 Å². The molecule has 3 rings (SSSR count). The van der Waals surface area contributed by atoms with Gasteiger partial charge in [-0.25, -0.2) is 0 Å². The average Bonchev–Trinajstić information content (AvgIpc) is 3.12. The fourth-order valence-electron chi connectivity index (χ4n) is 4.18. The van der Waals surface area contributed by atoms with E-state index in [1.54, 1.807) is 43.5 Å². The van der Waals surface area contributed by atoms with Gasteiger partial charge in [0.2, 0.25) is 0 Å². The second-order valence-electron chi connectivity index (χ2n) is 9.60. The Morgan fingerprint density at radius 2 is 1.78 bits per heavy atom. The number of likely N-dealkylation sites (N-methyl/N-ethyl adjacent to an activating group) is 1. The Morgan fingerprint density at radius 3 is 2.38 bits per heavy atom. The predicted octanol–water partition coefficient (Wildman–Crippen LogP) is 4.64. The monoisotopic (exact) mass is 510 g/mol. The number of benzene rings is 2. The van der Waals surface area contributed by atoms with Crippen LogP contribution in [0.1, 0.15) is 50.8 Å². The number of Topliss-reactive ketones (excluding diaryl/α,β-unsaturated/α-hetero) is 1. The van der Waals surface area contributed by atoms with E-state index in [2.05, 4.69) is 6.92 Å². The molecule has 1 N–H and O–H groups in total. The molecule has 37 heavy (non-hydrogen) atoms. The first-order chi connectivity index (χ1) is 17.7. The van der Waals surface area contributed by atoms with Crippen LogP contribution in [-0.4, -0.2) is 73.6 Å². The van der Waals surface area contributed by atoms with Crippen molar-refractivity contribution in [2.24, 2.45) is 0 Å². The first-order valence-electron chi connectivity index (χ1n) is 12.7. The zero-order valence-electron chi connectivity index (χ0n) is 22.6. The molecule has 1 heterocycles. The van der Waals surface area contributed by atoms with Crippen molar-refractivity contribution >= 4 is 17.4 Å². The molecule has 0 radical (unpaired) electrons. The molecule has 1 atom stereocenters. The van der Waals surface area contributed by atoms with Crippen LogP contribution in [0.15, 0.2) is 48.0 Å². The molecule has 0 aliphatic carbocycles. The number of hydrogen-bond donors (Lipinski definition) is 1. The minimum Gasteiger partial charge on any atom is -0.507 e. The van der Waals surface area contributed by atoms with Crippen LogP contribution in [0.3, 0.4) is 0 Å². The number of rotatable bonds is 12. The summed E-state index contributed by atoms with van der Waals surface area (Å²) in [5, 5.41) is 11.3. The topological polar surface area (TPSA) is 88.5 Å². The first-order valence-corrected chi connectivity index (χ1v) is 12.7. The smallest absolute Gasteiger partial charge is 0.295 e. The Labute approximate surface area is 219 Å². The summed E-state index contributed by atoms with van der Waals surface area (Å²) < 4.78 is 17.1. The molecule has 8 nitrogen and oxygen atoms in total. The highest BCUT2D eigenvalue weighted by atomic mass is 16.5. The number of hydrogen-bond acceptors (Lipinski definition) is 7. The first kappa shape index (κ1) is 28.1. The fourth-order valence-corrected chi connectivity index (χ4v) is 4.18. The molecule has 2 aromatic rings. The van der Waals surface area contributed by atoms with E-state index in [0.29, 0.717) is 48.1 Å². The standard InChI is InChI=1S/C29H38N2O6/c1-7-8-17-36-23-14-11-21(18-24(23)35-6)26-25(28(33)29(34)31(26)16-15-30(4)5)27(32)20-9-12-22(13-10-20)37-19(2)3/h9-14,18-19,26,32H,7-8,15-17H2,1-6H3. The molecule has 1 aliphatic rings. The van der Waals surface area contributed by atoms with E-state index in [1.165, 1.54) is 4.90 Å². The van der Waals surface area contributed by atoms with Crippen LogP contribution < -0.4 is 14.2 Å². The van der Waals surface area contributed by atoms with Crippen molar-refractivity contribution in [3.05, 3.63) is 59.2 Å². The molecule has 0 spiro atoms. The van der Waals surface area contributed by atoms with Crippen LogP contribution in [0, 0.1) is 0 Å². The zero-order valence-corrected chi connectivity index (χ0v) is 22.6. The van der Waals surface area contributed by atoms with Crippen molar-refractivity contribution in [1.82, 2.24) is 9.80 Å². The van der Waals surface area contributed by atoms with E-state index in [4.69, 9.17) is 14.2 Å². The number of carbonyl (C=O) groups is 2. The number of carbonyl (C=O) groups excluding carboxylic acids is 2. The molecule has 2 aromatic carbocycles. The van der Waals surface area contributed by atoms with E-state index in [0.717, 1.165) is 12.8 Å². The van der Waals surface area contributed by atoms with Crippen molar-refractivity contribution in [2.45, 2.75) is 45.8 Å². The summed E-state index contributed by atoms with van der Waals surface area (Å²) in [6.07, 6.45) is 1.92. The van der Waals surface area contributed by atoms with Crippen LogP contribution in [0.25, 0.3) is 5.76 Å². The van der Waals surface area contributed by atoms with E-state index in [9.17, 15) is 14.7 Å². The maximum Gasteiger partial charge on any atom is 0.295 e. The van der Waals surface area contributed by atoms with Gasteiger partial charge in [-0.2, -0.15) is 0 Å². The van der Waals surface area contributed by atoms with Gasteiger partial charge in [-0.3, -0.25) is 9.59 Å². The third-order valence-corrected chi connectivity index (χ3v) is 6.09. The summed E-state index contributed by atoms with van der Waals surface area (Å²) in [7, 11) is 5.35. The maximum absolute atomic E-state index is 13.3. The van der Waals surface area contributed by atoms with E-state index >= 15 is 0 Å². The Bertz CT molecular complexity index is 1120. The number of nitrogens with zero attached hydrogens (tertiary/aromatic N) is 2. The minimum absolute atomic E-state index is 0.00497. The Morgan fingerprint density at radius 1 is 1.08 bits per heavy atom. The number of amides is 1. The number of aliphatic hydroxyl groups excluding tert-OH is 1. The van der Waals surface area contributed by atoms with Crippen molar-refractivity contribution in [3.63, 3.8) is 0 Å². The summed E-state index contributed by atoms with van der Waals surface area (Å²) in [5.74, 6) is 0.154.